The molecule has 0 aromatic carbocycles. The van der Waals surface area contributed by atoms with E-state index in [1.165, 1.54) is 4.90 Å². The Kier molecular flexibility index (Phi) is 11.2. The highest BCUT2D eigenvalue weighted by Crippen LogP contribution is 2.25. The van der Waals surface area contributed by atoms with Crippen LogP contribution < -0.4 is 0 Å². The number of carbonyl (C=O) groups is 2. The maximum absolute atomic E-state index is 12.6. The van der Waals surface area contributed by atoms with Gasteiger partial charge >= 0.3 is 12.1 Å². The molecule has 1 aliphatic heterocycles. The lowest BCUT2D eigenvalue weighted by Gasteiger charge is -2.27. The maximum Gasteiger partial charge on any atom is 0.409 e. The van der Waals surface area contributed by atoms with Crippen molar-refractivity contribution in [3.8, 4) is 0 Å². The van der Waals surface area contributed by atoms with Gasteiger partial charge in [-0.3, -0.25) is 9.78 Å². The van der Waals surface area contributed by atoms with Crippen molar-refractivity contribution in [3.63, 3.8) is 0 Å². The van der Waals surface area contributed by atoms with E-state index < -0.39 is 30.4 Å². The summed E-state index contributed by atoms with van der Waals surface area (Å²) in [4.78, 5) is 30.5. The van der Waals surface area contributed by atoms with Gasteiger partial charge in [0, 0.05) is 37.8 Å². The predicted octanol–water partition coefficient (Wildman–Crippen LogP) is 5.04. The molecule has 0 spiro atoms. The summed E-state index contributed by atoms with van der Waals surface area (Å²) < 4.78 is 11.5. The number of hydrogen-bond acceptors (Lipinski definition) is 6. The summed E-state index contributed by atoms with van der Waals surface area (Å²) >= 11 is 0. The molecule has 35 heavy (non-hydrogen) atoms. The molecule has 6 atom stereocenters. The first-order valence-corrected chi connectivity index (χ1v) is 12.3. The lowest BCUT2D eigenvalue weighted by Crippen LogP contribution is -2.32. The molecule has 1 amide bonds. The van der Waals surface area contributed by atoms with E-state index in [0.29, 0.717) is 12.8 Å². The standard InChI is InChI=1S/C28H40N2O5/c1-19(24-12-7-8-17-29-24)10-9-11-21(3)27-22(4)14-16-25(34-28(33)30(5)6)20(2)13-15-23(31)18-26(32)35-27/h7-12,14,16-17,19-20,22-23,25,27,31H,13,15,18H2,1-6H3/b10-9+,16-14+,21-11+/t19-,20+,22-,23-,25-,27+/m0/s1. The Morgan fingerprint density at radius 3 is 2.66 bits per heavy atom. The average molecular weight is 485 g/mol. The van der Waals surface area contributed by atoms with Crippen molar-refractivity contribution in [1.82, 2.24) is 9.88 Å². The molecule has 0 saturated carbocycles. The molecule has 0 unspecified atom stereocenters. The summed E-state index contributed by atoms with van der Waals surface area (Å²) in [5, 5.41) is 10.4. The van der Waals surface area contributed by atoms with Gasteiger partial charge in [0.1, 0.15) is 12.2 Å². The van der Waals surface area contributed by atoms with Crippen LogP contribution in [0.25, 0.3) is 0 Å². The van der Waals surface area contributed by atoms with E-state index in [1.807, 2.05) is 69.4 Å². The summed E-state index contributed by atoms with van der Waals surface area (Å²) in [6, 6.07) is 5.84. The molecule has 0 fully saturated rings. The van der Waals surface area contributed by atoms with Crippen LogP contribution in [0.5, 0.6) is 0 Å². The van der Waals surface area contributed by atoms with Crippen LogP contribution >= 0.6 is 0 Å². The molecule has 2 heterocycles. The Morgan fingerprint density at radius 1 is 1.26 bits per heavy atom. The fourth-order valence-electron chi connectivity index (χ4n) is 3.88. The highest BCUT2D eigenvalue weighted by molar-refractivity contribution is 5.70. The fourth-order valence-corrected chi connectivity index (χ4v) is 3.88. The molecule has 1 aromatic rings. The van der Waals surface area contributed by atoms with Gasteiger partial charge in [-0.2, -0.15) is 0 Å². The van der Waals surface area contributed by atoms with Gasteiger partial charge in [-0.15, -0.1) is 0 Å². The van der Waals surface area contributed by atoms with E-state index in [4.69, 9.17) is 9.47 Å². The Bertz CT molecular complexity index is 909. The van der Waals surface area contributed by atoms with Crippen LogP contribution in [0.1, 0.15) is 58.6 Å². The highest BCUT2D eigenvalue weighted by atomic mass is 16.6. The van der Waals surface area contributed by atoms with Gasteiger partial charge in [-0.05, 0) is 49.5 Å². The number of allylic oxidation sites excluding steroid dienone is 3. The SMILES string of the molecule is C/C(=C\C=C\[C@H](C)c1ccccn1)[C@H]1OC(=O)C[C@@H](O)CC[C@@H](C)[C@@H](OC(=O)N(C)C)/C=C/[C@@H]1C. The number of aliphatic hydroxyl groups excluding tert-OH is 1. The van der Waals surface area contributed by atoms with Crippen LogP contribution in [0.4, 0.5) is 4.79 Å². The molecule has 0 radical (unpaired) electrons. The number of carbonyl (C=O) groups excluding carboxylic acids is 2. The molecule has 192 valence electrons. The van der Waals surface area contributed by atoms with Crippen LogP contribution in [0.15, 0.2) is 60.3 Å². The van der Waals surface area contributed by atoms with Crippen molar-refractivity contribution in [2.75, 3.05) is 14.1 Å². The summed E-state index contributed by atoms with van der Waals surface area (Å²) in [6.45, 7) is 7.94. The third-order valence-electron chi connectivity index (χ3n) is 6.22. The van der Waals surface area contributed by atoms with Crippen molar-refractivity contribution >= 4 is 12.1 Å². The van der Waals surface area contributed by atoms with Crippen molar-refractivity contribution in [2.45, 2.75) is 71.2 Å². The van der Waals surface area contributed by atoms with Gasteiger partial charge in [0.25, 0.3) is 0 Å². The minimum absolute atomic E-state index is 0.0152. The van der Waals surface area contributed by atoms with Gasteiger partial charge in [-0.25, -0.2) is 4.79 Å². The quantitative estimate of drug-likeness (QED) is 0.358. The summed E-state index contributed by atoms with van der Waals surface area (Å²) in [5.41, 5.74) is 1.85. The number of esters is 1. The summed E-state index contributed by atoms with van der Waals surface area (Å²) in [7, 11) is 3.29. The van der Waals surface area contributed by atoms with E-state index >= 15 is 0 Å². The zero-order chi connectivity index (χ0) is 26.0. The minimum Gasteiger partial charge on any atom is -0.457 e. The summed E-state index contributed by atoms with van der Waals surface area (Å²) in [5.74, 6) is -0.468. The lowest BCUT2D eigenvalue weighted by atomic mass is 9.92. The molecule has 1 aromatic heterocycles. The van der Waals surface area contributed by atoms with Crippen LogP contribution in [-0.4, -0.2) is 59.5 Å². The second-order valence-electron chi connectivity index (χ2n) is 9.65. The summed E-state index contributed by atoms with van der Waals surface area (Å²) in [6.07, 6.45) is 10.3. The number of amides is 1. The largest absolute Gasteiger partial charge is 0.457 e. The third-order valence-corrected chi connectivity index (χ3v) is 6.22. The Morgan fingerprint density at radius 2 is 2.00 bits per heavy atom. The number of aliphatic hydroxyl groups is 1. The Labute approximate surface area is 209 Å². The molecule has 0 aliphatic carbocycles. The molecule has 1 N–H and O–H groups in total. The smallest absolute Gasteiger partial charge is 0.409 e. The number of ether oxygens (including phenoxy) is 2. The number of cyclic esters (lactones) is 1. The van der Waals surface area contributed by atoms with E-state index in [9.17, 15) is 14.7 Å². The first-order valence-electron chi connectivity index (χ1n) is 12.3. The molecule has 2 rings (SSSR count). The third kappa shape index (κ3) is 9.32. The van der Waals surface area contributed by atoms with Crippen LogP contribution in [0, 0.1) is 11.8 Å². The van der Waals surface area contributed by atoms with Gasteiger partial charge in [0.05, 0.1) is 12.5 Å². The number of hydrogen-bond donors (Lipinski definition) is 1. The number of aromatic nitrogens is 1. The number of nitrogens with zero attached hydrogens (tertiary/aromatic N) is 2. The van der Waals surface area contributed by atoms with E-state index in [-0.39, 0.29) is 24.2 Å². The topological polar surface area (TPSA) is 89.0 Å². The molecule has 7 heteroatoms. The molecule has 0 bridgehead atoms. The van der Waals surface area contributed by atoms with E-state index in [2.05, 4.69) is 11.9 Å². The van der Waals surface area contributed by atoms with Crippen LogP contribution in [-0.2, 0) is 14.3 Å². The lowest BCUT2D eigenvalue weighted by molar-refractivity contribution is -0.151. The molecule has 7 nitrogen and oxygen atoms in total. The Balaban J connectivity index is 2.25. The normalized spacial score (nSPS) is 28.4. The van der Waals surface area contributed by atoms with Crippen LogP contribution in [0.3, 0.4) is 0 Å². The van der Waals surface area contributed by atoms with Gasteiger partial charge in [0.15, 0.2) is 0 Å². The average Bonchev–Trinajstić information content (AvgIpc) is 2.82. The molecular weight excluding hydrogens is 444 g/mol. The molecule has 0 saturated heterocycles. The number of rotatable bonds is 5. The van der Waals surface area contributed by atoms with Crippen molar-refractivity contribution in [1.29, 1.82) is 0 Å². The molecule has 1 aliphatic rings. The number of pyridine rings is 1. The first-order chi connectivity index (χ1) is 16.6. The van der Waals surface area contributed by atoms with Crippen molar-refractivity contribution < 1.29 is 24.2 Å². The zero-order valence-corrected chi connectivity index (χ0v) is 21.8. The van der Waals surface area contributed by atoms with Crippen molar-refractivity contribution in [2.24, 2.45) is 11.8 Å². The first kappa shape index (κ1) is 28.3. The predicted molar refractivity (Wildman–Crippen MR) is 137 cm³/mol. The Hall–Kier alpha value is -2.93. The highest BCUT2D eigenvalue weighted by Gasteiger charge is 2.27. The zero-order valence-electron chi connectivity index (χ0n) is 21.8. The van der Waals surface area contributed by atoms with E-state index in [1.54, 1.807) is 20.3 Å². The monoisotopic (exact) mass is 484 g/mol. The fraction of sp³-hybridized carbons (Fsp3) is 0.536. The van der Waals surface area contributed by atoms with Gasteiger partial charge < -0.3 is 19.5 Å². The maximum atomic E-state index is 12.6. The minimum atomic E-state index is -0.807. The van der Waals surface area contributed by atoms with Crippen molar-refractivity contribution in [3.05, 3.63) is 66.0 Å². The molecular formula is C28H40N2O5. The van der Waals surface area contributed by atoms with E-state index in [0.717, 1.165) is 11.3 Å². The van der Waals surface area contributed by atoms with Crippen LogP contribution in [0.2, 0.25) is 0 Å². The second-order valence-corrected chi connectivity index (χ2v) is 9.65. The van der Waals surface area contributed by atoms with Gasteiger partial charge in [0.2, 0.25) is 0 Å². The second kappa shape index (κ2) is 13.8. The van der Waals surface area contributed by atoms with Gasteiger partial charge in [-0.1, -0.05) is 51.1 Å².